The van der Waals surface area contributed by atoms with Crippen molar-refractivity contribution in [1.82, 2.24) is 4.98 Å². The Kier molecular flexibility index (Phi) is 4.39. The maximum Gasteiger partial charge on any atom is 0.342 e. The highest BCUT2D eigenvalue weighted by Gasteiger charge is 2.22. The lowest BCUT2D eigenvalue weighted by Gasteiger charge is -2.17. The summed E-state index contributed by atoms with van der Waals surface area (Å²) in [4.78, 5) is 27.7. The Morgan fingerprint density at radius 2 is 2.29 bits per heavy atom. The van der Waals surface area contributed by atoms with Gasteiger partial charge in [0.05, 0.1) is 15.8 Å². The topological polar surface area (TPSA) is 96.6 Å². The standard InChI is InChI=1S/C12H10ClN3O4S/c1-15(6-7-2-3-10(13)21-7)11-4-8(12(17)18)9(5-14-11)16(19)20/h2-5H,6H2,1H3,(H,17,18). The van der Waals surface area contributed by atoms with Gasteiger partial charge in [0, 0.05) is 18.0 Å². The largest absolute Gasteiger partial charge is 0.477 e. The predicted octanol–water partition coefficient (Wildman–Crippen LogP) is 3.04. The quantitative estimate of drug-likeness (QED) is 0.669. The van der Waals surface area contributed by atoms with Crippen LogP contribution in [0.15, 0.2) is 24.4 Å². The summed E-state index contributed by atoms with van der Waals surface area (Å²) < 4.78 is 0.654. The molecule has 0 atom stereocenters. The Morgan fingerprint density at radius 1 is 1.57 bits per heavy atom. The predicted molar refractivity (Wildman–Crippen MR) is 79.3 cm³/mol. The van der Waals surface area contributed by atoms with Crippen molar-refractivity contribution >= 4 is 40.4 Å². The van der Waals surface area contributed by atoms with E-state index in [1.54, 1.807) is 18.0 Å². The Hall–Kier alpha value is -2.19. The first-order valence-electron chi connectivity index (χ1n) is 5.71. The minimum absolute atomic E-state index is 0.336. The fourth-order valence-electron chi connectivity index (χ4n) is 1.71. The third-order valence-electron chi connectivity index (χ3n) is 2.71. The molecule has 1 N–H and O–H groups in total. The highest BCUT2D eigenvalue weighted by atomic mass is 35.5. The number of aromatic nitrogens is 1. The van der Waals surface area contributed by atoms with Crippen LogP contribution in [-0.2, 0) is 6.54 Å². The maximum atomic E-state index is 11.1. The number of carboxylic acid groups (broad SMARTS) is 1. The van der Waals surface area contributed by atoms with Crippen molar-refractivity contribution in [2.45, 2.75) is 6.54 Å². The van der Waals surface area contributed by atoms with Crippen LogP contribution in [0.5, 0.6) is 0 Å². The molecule has 0 unspecified atom stereocenters. The minimum atomic E-state index is -1.36. The summed E-state index contributed by atoms with van der Waals surface area (Å²) in [7, 11) is 1.72. The van der Waals surface area contributed by atoms with Crippen LogP contribution in [0.2, 0.25) is 4.34 Å². The van der Waals surface area contributed by atoms with E-state index in [1.165, 1.54) is 17.4 Å². The zero-order valence-corrected chi connectivity index (χ0v) is 12.4. The van der Waals surface area contributed by atoms with Gasteiger partial charge < -0.3 is 10.0 Å². The number of anilines is 1. The van der Waals surface area contributed by atoms with E-state index in [0.29, 0.717) is 16.7 Å². The van der Waals surface area contributed by atoms with Gasteiger partial charge in [0.1, 0.15) is 17.6 Å². The molecule has 0 radical (unpaired) electrons. The summed E-state index contributed by atoms with van der Waals surface area (Å²) in [5.41, 5.74) is -0.917. The van der Waals surface area contributed by atoms with Crippen molar-refractivity contribution in [1.29, 1.82) is 0 Å². The monoisotopic (exact) mass is 327 g/mol. The molecule has 0 saturated heterocycles. The van der Waals surface area contributed by atoms with E-state index in [-0.39, 0.29) is 5.56 Å². The van der Waals surface area contributed by atoms with Gasteiger partial charge in [-0.05, 0) is 12.1 Å². The van der Waals surface area contributed by atoms with Crippen LogP contribution in [0.1, 0.15) is 15.2 Å². The smallest absolute Gasteiger partial charge is 0.342 e. The number of halogens is 1. The number of nitro groups is 1. The molecular weight excluding hydrogens is 318 g/mol. The molecule has 0 aromatic carbocycles. The molecule has 110 valence electrons. The molecule has 0 spiro atoms. The van der Waals surface area contributed by atoms with Crippen LogP contribution in [0.25, 0.3) is 0 Å². The van der Waals surface area contributed by atoms with Crippen molar-refractivity contribution < 1.29 is 14.8 Å². The van der Waals surface area contributed by atoms with Crippen molar-refractivity contribution in [2.24, 2.45) is 0 Å². The average Bonchev–Trinajstić information content (AvgIpc) is 2.83. The van der Waals surface area contributed by atoms with Crippen molar-refractivity contribution in [3.63, 3.8) is 0 Å². The Morgan fingerprint density at radius 3 is 2.81 bits per heavy atom. The number of rotatable bonds is 5. The molecule has 0 amide bonds. The summed E-state index contributed by atoms with van der Waals surface area (Å²) in [6.07, 6.45) is 0.955. The molecule has 0 fully saturated rings. The van der Waals surface area contributed by atoms with Gasteiger partial charge in [-0.1, -0.05) is 11.6 Å². The van der Waals surface area contributed by atoms with E-state index < -0.39 is 16.6 Å². The van der Waals surface area contributed by atoms with Crippen LogP contribution in [0.4, 0.5) is 11.5 Å². The Bertz CT molecular complexity index is 704. The molecule has 21 heavy (non-hydrogen) atoms. The van der Waals surface area contributed by atoms with Gasteiger partial charge in [-0.3, -0.25) is 10.1 Å². The maximum absolute atomic E-state index is 11.1. The lowest BCUT2D eigenvalue weighted by atomic mass is 10.2. The summed E-state index contributed by atoms with van der Waals surface area (Å²) >= 11 is 7.24. The molecule has 0 bridgehead atoms. The SMILES string of the molecule is CN(Cc1ccc(Cl)s1)c1cc(C(=O)O)c([N+](=O)[O-])cn1. The van der Waals surface area contributed by atoms with Gasteiger partial charge in [-0.15, -0.1) is 11.3 Å². The van der Waals surface area contributed by atoms with E-state index in [9.17, 15) is 14.9 Å². The number of aromatic carboxylic acids is 1. The first-order chi connectivity index (χ1) is 9.88. The summed E-state index contributed by atoms with van der Waals surface area (Å²) in [6.45, 7) is 0.473. The number of pyridine rings is 1. The van der Waals surface area contributed by atoms with Crippen molar-refractivity contribution in [2.75, 3.05) is 11.9 Å². The third kappa shape index (κ3) is 3.47. The van der Waals surface area contributed by atoms with Crippen LogP contribution in [0, 0.1) is 10.1 Å². The minimum Gasteiger partial charge on any atom is -0.477 e. The molecule has 0 aliphatic rings. The molecule has 0 saturated carbocycles. The second kappa shape index (κ2) is 6.06. The molecule has 0 aliphatic carbocycles. The number of carboxylic acids is 1. The van der Waals surface area contributed by atoms with Crippen molar-refractivity contribution in [3.8, 4) is 0 Å². The first kappa shape index (κ1) is 15.2. The summed E-state index contributed by atoms with van der Waals surface area (Å²) in [6, 6.07) is 4.81. The van der Waals surface area contributed by atoms with Gasteiger partial charge in [-0.25, -0.2) is 9.78 Å². The van der Waals surface area contributed by atoms with Gasteiger partial charge in [-0.2, -0.15) is 0 Å². The van der Waals surface area contributed by atoms with Crippen LogP contribution in [0.3, 0.4) is 0 Å². The molecule has 0 aliphatic heterocycles. The Balaban J connectivity index is 2.29. The molecule has 2 aromatic rings. The van der Waals surface area contributed by atoms with Gasteiger partial charge >= 0.3 is 11.7 Å². The number of hydrogen-bond donors (Lipinski definition) is 1. The van der Waals surface area contributed by atoms with E-state index in [1.807, 2.05) is 6.07 Å². The molecule has 2 aromatic heterocycles. The summed E-state index contributed by atoms with van der Waals surface area (Å²) in [5, 5.41) is 19.8. The van der Waals surface area contributed by atoms with E-state index in [4.69, 9.17) is 16.7 Å². The number of nitrogens with zero attached hydrogens (tertiary/aromatic N) is 3. The average molecular weight is 328 g/mol. The second-order valence-electron chi connectivity index (χ2n) is 4.18. The van der Waals surface area contributed by atoms with Crippen molar-refractivity contribution in [3.05, 3.63) is 49.3 Å². The molecule has 2 heterocycles. The lowest BCUT2D eigenvalue weighted by molar-refractivity contribution is -0.385. The fraction of sp³-hybridized carbons (Fsp3) is 0.167. The fourth-order valence-corrected chi connectivity index (χ4v) is 2.86. The first-order valence-corrected chi connectivity index (χ1v) is 6.91. The molecular formula is C12H10ClN3O4S. The van der Waals surface area contributed by atoms with Gasteiger partial charge in [0.15, 0.2) is 0 Å². The zero-order chi connectivity index (χ0) is 15.6. The van der Waals surface area contributed by atoms with Gasteiger partial charge in [0.2, 0.25) is 0 Å². The summed E-state index contributed by atoms with van der Waals surface area (Å²) in [5.74, 6) is -1.03. The highest BCUT2D eigenvalue weighted by Crippen LogP contribution is 2.26. The number of hydrogen-bond acceptors (Lipinski definition) is 6. The zero-order valence-electron chi connectivity index (χ0n) is 10.8. The number of thiophene rings is 1. The van der Waals surface area contributed by atoms with E-state index >= 15 is 0 Å². The third-order valence-corrected chi connectivity index (χ3v) is 3.92. The van der Waals surface area contributed by atoms with E-state index in [0.717, 1.165) is 11.1 Å². The molecule has 7 nitrogen and oxygen atoms in total. The Labute approximate surface area is 128 Å². The van der Waals surface area contributed by atoms with Gasteiger partial charge in [0.25, 0.3) is 0 Å². The van der Waals surface area contributed by atoms with E-state index in [2.05, 4.69) is 4.98 Å². The lowest BCUT2D eigenvalue weighted by Crippen LogP contribution is -2.18. The second-order valence-corrected chi connectivity index (χ2v) is 5.98. The van der Waals surface area contributed by atoms with Crippen LogP contribution < -0.4 is 4.90 Å². The normalized spacial score (nSPS) is 10.4. The molecule has 9 heteroatoms. The number of carbonyl (C=O) groups is 1. The van der Waals surface area contributed by atoms with Crippen LogP contribution >= 0.6 is 22.9 Å². The highest BCUT2D eigenvalue weighted by molar-refractivity contribution is 7.16. The molecule has 2 rings (SSSR count). The van der Waals surface area contributed by atoms with Crippen LogP contribution in [-0.4, -0.2) is 28.0 Å².